The van der Waals surface area contributed by atoms with Crippen LogP contribution in [-0.2, 0) is 14.1 Å². The minimum absolute atomic E-state index is 0.322. The van der Waals surface area contributed by atoms with Gasteiger partial charge in [-0.1, -0.05) is 0 Å². The molecule has 0 saturated carbocycles. The third-order valence-electron chi connectivity index (χ3n) is 3.43. The molecule has 0 saturated heterocycles. The summed E-state index contributed by atoms with van der Waals surface area (Å²) in [6.45, 7) is 3.90. The van der Waals surface area contributed by atoms with Gasteiger partial charge in [0.05, 0.1) is 0 Å². The number of aryl methyl sites for hydroxylation is 3. The zero-order chi connectivity index (χ0) is 13.9. The van der Waals surface area contributed by atoms with Gasteiger partial charge in [-0.2, -0.15) is 0 Å². The zero-order valence-electron chi connectivity index (χ0n) is 11.3. The normalized spacial score (nSPS) is 11.6. The second-order valence-corrected chi connectivity index (χ2v) is 4.86. The number of fused-ring (bicyclic) bond motifs is 3. The highest BCUT2D eigenvalue weighted by atomic mass is 16.2. The molecule has 3 aromatic rings. The van der Waals surface area contributed by atoms with E-state index >= 15 is 0 Å². The van der Waals surface area contributed by atoms with Crippen LogP contribution >= 0.6 is 0 Å². The van der Waals surface area contributed by atoms with Crippen molar-refractivity contribution in [1.29, 1.82) is 0 Å². The van der Waals surface area contributed by atoms with Gasteiger partial charge < -0.3 is 0 Å². The first kappa shape index (κ1) is 11.7. The minimum atomic E-state index is -0.365. The average Bonchev–Trinajstić information content (AvgIpc) is 2.73. The number of aromatic nitrogens is 4. The monoisotopic (exact) mass is 258 g/mol. The zero-order valence-corrected chi connectivity index (χ0v) is 11.3. The van der Waals surface area contributed by atoms with E-state index in [4.69, 9.17) is 0 Å². The molecule has 98 valence electrons. The Morgan fingerprint density at radius 3 is 2.42 bits per heavy atom. The summed E-state index contributed by atoms with van der Waals surface area (Å²) in [5.41, 5.74) is 2.85. The van der Waals surface area contributed by atoms with Crippen molar-refractivity contribution < 1.29 is 0 Å². The summed E-state index contributed by atoms with van der Waals surface area (Å²) in [5.74, 6) is 0. The standard InChI is InChI=1S/C13H14N4O2/c1-7-5-8(2)17-9(6-7)14-11-10(17)12(18)16(4)13(19)15(11)3/h5-6H,1-4H3. The maximum absolute atomic E-state index is 12.3. The van der Waals surface area contributed by atoms with E-state index < -0.39 is 0 Å². The summed E-state index contributed by atoms with van der Waals surface area (Å²) < 4.78 is 4.30. The topological polar surface area (TPSA) is 61.3 Å². The van der Waals surface area contributed by atoms with Gasteiger partial charge in [-0.25, -0.2) is 9.78 Å². The number of hydrogen-bond donors (Lipinski definition) is 0. The maximum atomic E-state index is 12.3. The van der Waals surface area contributed by atoms with Crippen LogP contribution in [0.5, 0.6) is 0 Å². The fourth-order valence-electron chi connectivity index (χ4n) is 2.51. The highest BCUT2D eigenvalue weighted by Gasteiger charge is 2.16. The van der Waals surface area contributed by atoms with Crippen molar-refractivity contribution in [3.05, 3.63) is 44.2 Å². The second kappa shape index (κ2) is 3.57. The molecule has 0 aliphatic heterocycles. The molecule has 0 aliphatic rings. The molecule has 3 aromatic heterocycles. The number of nitrogens with zero attached hydrogens (tertiary/aromatic N) is 4. The van der Waals surface area contributed by atoms with E-state index in [1.165, 1.54) is 11.6 Å². The lowest BCUT2D eigenvalue weighted by Crippen LogP contribution is -2.37. The molecule has 0 N–H and O–H groups in total. The number of hydrogen-bond acceptors (Lipinski definition) is 3. The Morgan fingerprint density at radius 1 is 1.05 bits per heavy atom. The maximum Gasteiger partial charge on any atom is 0.332 e. The Hall–Kier alpha value is -2.37. The highest BCUT2D eigenvalue weighted by molar-refractivity contribution is 5.77. The van der Waals surface area contributed by atoms with Gasteiger partial charge in [0.25, 0.3) is 5.56 Å². The van der Waals surface area contributed by atoms with Crippen molar-refractivity contribution >= 4 is 16.8 Å². The first-order valence-corrected chi connectivity index (χ1v) is 5.97. The van der Waals surface area contributed by atoms with E-state index in [2.05, 4.69) is 4.98 Å². The Bertz CT molecular complexity index is 943. The lowest BCUT2D eigenvalue weighted by molar-refractivity contribution is 0.707. The first-order valence-electron chi connectivity index (χ1n) is 5.97. The van der Waals surface area contributed by atoms with Crippen LogP contribution in [0.15, 0.2) is 21.7 Å². The van der Waals surface area contributed by atoms with E-state index in [0.717, 1.165) is 15.8 Å². The summed E-state index contributed by atoms with van der Waals surface area (Å²) in [7, 11) is 3.10. The van der Waals surface area contributed by atoms with Gasteiger partial charge in [-0.3, -0.25) is 18.3 Å². The third-order valence-corrected chi connectivity index (χ3v) is 3.43. The predicted molar refractivity (Wildman–Crippen MR) is 72.7 cm³/mol. The average molecular weight is 258 g/mol. The number of rotatable bonds is 0. The third kappa shape index (κ3) is 1.39. The molecule has 0 amide bonds. The predicted octanol–water partition coefficient (Wildman–Crippen LogP) is 0.502. The van der Waals surface area contributed by atoms with E-state index in [1.54, 1.807) is 11.4 Å². The summed E-state index contributed by atoms with van der Waals surface area (Å²) in [6, 6.07) is 3.88. The van der Waals surface area contributed by atoms with E-state index in [1.807, 2.05) is 26.0 Å². The van der Waals surface area contributed by atoms with Crippen LogP contribution in [0.1, 0.15) is 11.3 Å². The van der Waals surface area contributed by atoms with Crippen molar-refractivity contribution in [3.63, 3.8) is 0 Å². The molecule has 6 nitrogen and oxygen atoms in total. The van der Waals surface area contributed by atoms with Gasteiger partial charge in [0.2, 0.25) is 0 Å². The number of imidazole rings is 1. The van der Waals surface area contributed by atoms with Crippen molar-refractivity contribution in [2.45, 2.75) is 13.8 Å². The van der Waals surface area contributed by atoms with Gasteiger partial charge in [0.1, 0.15) is 5.65 Å². The van der Waals surface area contributed by atoms with Crippen LogP contribution in [-0.4, -0.2) is 18.5 Å². The Labute approximate surface area is 108 Å². The van der Waals surface area contributed by atoms with Crippen molar-refractivity contribution in [3.8, 4) is 0 Å². The molecule has 0 bridgehead atoms. The largest absolute Gasteiger partial charge is 0.332 e. The minimum Gasteiger partial charge on any atom is -0.291 e. The SMILES string of the molecule is Cc1cc(C)n2c(c1)nc1c2c(=O)n(C)c(=O)n1C. The molecule has 6 heteroatoms. The van der Waals surface area contributed by atoms with Crippen LogP contribution < -0.4 is 11.2 Å². The van der Waals surface area contributed by atoms with Gasteiger partial charge in [0, 0.05) is 19.8 Å². The highest BCUT2D eigenvalue weighted by Crippen LogP contribution is 2.16. The summed E-state index contributed by atoms with van der Waals surface area (Å²) >= 11 is 0. The van der Waals surface area contributed by atoms with Crippen LogP contribution in [0.3, 0.4) is 0 Å². The molecule has 0 radical (unpaired) electrons. The molecule has 0 unspecified atom stereocenters. The van der Waals surface area contributed by atoms with E-state index in [9.17, 15) is 9.59 Å². The van der Waals surface area contributed by atoms with Gasteiger partial charge in [0.15, 0.2) is 11.2 Å². The molecular weight excluding hydrogens is 244 g/mol. The van der Waals surface area contributed by atoms with Crippen LogP contribution in [0.25, 0.3) is 16.8 Å². The first-order chi connectivity index (χ1) is 8.91. The molecule has 19 heavy (non-hydrogen) atoms. The quantitative estimate of drug-likeness (QED) is 0.590. The molecule has 0 aromatic carbocycles. The van der Waals surface area contributed by atoms with Gasteiger partial charge >= 0.3 is 5.69 Å². The summed E-state index contributed by atoms with van der Waals surface area (Å²) in [6.07, 6.45) is 0. The van der Waals surface area contributed by atoms with Crippen molar-refractivity contribution in [2.75, 3.05) is 0 Å². The molecular formula is C13H14N4O2. The Kier molecular flexibility index (Phi) is 2.20. The van der Waals surface area contributed by atoms with E-state index in [-0.39, 0.29) is 11.2 Å². The molecule has 0 fully saturated rings. The lowest BCUT2D eigenvalue weighted by Gasteiger charge is -2.04. The molecule has 3 heterocycles. The summed E-state index contributed by atoms with van der Waals surface area (Å²) in [4.78, 5) is 28.6. The molecule has 0 atom stereocenters. The summed E-state index contributed by atoms with van der Waals surface area (Å²) in [5, 5.41) is 0. The molecule has 3 rings (SSSR count). The fraction of sp³-hybridized carbons (Fsp3) is 0.308. The lowest BCUT2D eigenvalue weighted by atomic mass is 10.2. The molecule has 0 spiro atoms. The fourth-order valence-corrected chi connectivity index (χ4v) is 2.51. The van der Waals surface area contributed by atoms with Crippen molar-refractivity contribution in [2.24, 2.45) is 14.1 Å². The van der Waals surface area contributed by atoms with Gasteiger partial charge in [-0.05, 0) is 31.5 Å². The van der Waals surface area contributed by atoms with Gasteiger partial charge in [-0.15, -0.1) is 0 Å². The Morgan fingerprint density at radius 2 is 1.74 bits per heavy atom. The second-order valence-electron chi connectivity index (χ2n) is 4.86. The van der Waals surface area contributed by atoms with Crippen LogP contribution in [0.4, 0.5) is 0 Å². The number of pyridine rings is 1. The van der Waals surface area contributed by atoms with E-state index in [0.29, 0.717) is 16.8 Å². The van der Waals surface area contributed by atoms with Crippen LogP contribution in [0, 0.1) is 13.8 Å². The van der Waals surface area contributed by atoms with Crippen LogP contribution in [0.2, 0.25) is 0 Å². The molecule has 0 aliphatic carbocycles. The van der Waals surface area contributed by atoms with Crippen molar-refractivity contribution in [1.82, 2.24) is 18.5 Å². The Balaban J connectivity index is 2.76. The smallest absolute Gasteiger partial charge is 0.291 e.